The molecule has 209 valence electrons. The van der Waals surface area contributed by atoms with Gasteiger partial charge in [0.25, 0.3) is 0 Å². The largest absolute Gasteiger partial charge is 0.0622 e. The predicted octanol–water partition coefficient (Wildman–Crippen LogP) is 11.6. The van der Waals surface area contributed by atoms with Crippen LogP contribution in [0.4, 0.5) is 0 Å². The Labute approximate surface area is 261 Å². The van der Waals surface area contributed by atoms with Gasteiger partial charge in [-0.3, -0.25) is 0 Å². The van der Waals surface area contributed by atoms with Crippen LogP contribution in [0.1, 0.15) is 16.7 Å². The Kier molecular flexibility index (Phi) is 7.97. The molecule has 0 saturated heterocycles. The molecule has 0 aliphatic carbocycles. The lowest BCUT2D eigenvalue weighted by molar-refractivity contribution is 1.03. The van der Waals surface area contributed by atoms with E-state index in [9.17, 15) is 0 Å². The van der Waals surface area contributed by atoms with Gasteiger partial charge in [-0.1, -0.05) is 188 Å². The monoisotopic (exact) mass is 561 g/mol. The Morgan fingerprint density at radius 1 is 0.295 bits per heavy atom. The molecule has 0 aliphatic rings. The Bertz CT molecular complexity index is 1820. The fraction of sp³-hybridized carbons (Fsp3) is 0.0227. The average Bonchev–Trinajstić information content (AvgIpc) is 3.12. The number of hydrogen-bond acceptors (Lipinski definition) is 0. The normalized spacial score (nSPS) is 11.0. The van der Waals surface area contributed by atoms with Gasteiger partial charge in [0, 0.05) is 5.92 Å². The van der Waals surface area contributed by atoms with Crippen molar-refractivity contribution in [2.45, 2.75) is 6.42 Å². The smallest absolute Gasteiger partial charge is 0.0396 e. The van der Waals surface area contributed by atoms with Gasteiger partial charge in [0.05, 0.1) is 0 Å². The first-order valence-electron chi connectivity index (χ1n) is 15.2. The maximum atomic E-state index is 2.32. The van der Waals surface area contributed by atoms with Crippen molar-refractivity contribution >= 4 is 0 Å². The lowest BCUT2D eigenvalue weighted by Gasteiger charge is -2.27. The van der Waals surface area contributed by atoms with Crippen molar-refractivity contribution in [2.24, 2.45) is 0 Å². The third-order valence-electron chi connectivity index (χ3n) is 8.30. The Balaban J connectivity index is 1.54. The van der Waals surface area contributed by atoms with Gasteiger partial charge >= 0.3 is 0 Å². The van der Waals surface area contributed by atoms with Crippen molar-refractivity contribution < 1.29 is 0 Å². The SMILES string of the molecule is c1ccc(C[C](c2cccc(-c3ccccc3)c2-c2ccccc2)c2cccc(-c3ccccc3)c2-c2ccccc2)cc1. The van der Waals surface area contributed by atoms with E-state index in [1.165, 1.54) is 67.1 Å². The van der Waals surface area contributed by atoms with Crippen molar-refractivity contribution in [1.29, 1.82) is 0 Å². The highest BCUT2D eigenvalue weighted by molar-refractivity contribution is 5.92. The first-order valence-corrected chi connectivity index (χ1v) is 15.2. The van der Waals surface area contributed by atoms with E-state index in [0.29, 0.717) is 0 Å². The molecule has 44 heavy (non-hydrogen) atoms. The second kappa shape index (κ2) is 12.8. The van der Waals surface area contributed by atoms with Crippen molar-refractivity contribution in [3.63, 3.8) is 0 Å². The fourth-order valence-corrected chi connectivity index (χ4v) is 6.29. The van der Waals surface area contributed by atoms with Crippen molar-refractivity contribution in [3.05, 3.63) is 211 Å². The van der Waals surface area contributed by atoms with E-state index in [0.717, 1.165) is 6.42 Å². The van der Waals surface area contributed by atoms with Crippen molar-refractivity contribution in [3.8, 4) is 44.5 Å². The number of rotatable bonds is 8. The van der Waals surface area contributed by atoms with E-state index in [2.05, 4.69) is 188 Å². The highest BCUT2D eigenvalue weighted by Crippen LogP contribution is 2.45. The van der Waals surface area contributed by atoms with E-state index in [1.54, 1.807) is 0 Å². The molecule has 0 amide bonds. The van der Waals surface area contributed by atoms with Crippen LogP contribution in [0.25, 0.3) is 44.5 Å². The maximum absolute atomic E-state index is 2.32. The number of hydrogen-bond donors (Lipinski definition) is 0. The highest BCUT2D eigenvalue weighted by Gasteiger charge is 2.26. The van der Waals surface area contributed by atoms with Gasteiger partial charge < -0.3 is 0 Å². The lowest BCUT2D eigenvalue weighted by Crippen LogP contribution is -2.11. The van der Waals surface area contributed by atoms with Crippen LogP contribution in [0.15, 0.2) is 188 Å². The molecule has 0 aromatic heterocycles. The van der Waals surface area contributed by atoms with Gasteiger partial charge in [-0.2, -0.15) is 0 Å². The Morgan fingerprint density at radius 2 is 0.636 bits per heavy atom. The summed E-state index contributed by atoms with van der Waals surface area (Å²) in [5.74, 6) is 1.31. The standard InChI is InChI=1S/C44H33/c1-6-18-33(19-7-1)32-42(40-30-16-28-38(34-20-8-2-9-21-34)43(40)36-24-12-4-13-25-36)41-31-17-29-39(35-22-10-3-11-23-35)44(41)37-26-14-5-15-27-37/h1-31H,32H2. The minimum absolute atomic E-state index is 0.803. The fourth-order valence-electron chi connectivity index (χ4n) is 6.29. The van der Waals surface area contributed by atoms with Crippen LogP contribution >= 0.6 is 0 Å². The van der Waals surface area contributed by atoms with Crippen LogP contribution in [0, 0.1) is 5.92 Å². The van der Waals surface area contributed by atoms with E-state index in [1.807, 2.05) is 0 Å². The molecular weight excluding hydrogens is 528 g/mol. The molecule has 0 fully saturated rings. The summed E-state index contributed by atoms with van der Waals surface area (Å²) in [6, 6.07) is 67.7. The quantitative estimate of drug-likeness (QED) is 0.173. The van der Waals surface area contributed by atoms with Crippen LogP contribution in [-0.4, -0.2) is 0 Å². The van der Waals surface area contributed by atoms with E-state index >= 15 is 0 Å². The van der Waals surface area contributed by atoms with Crippen LogP contribution in [0.5, 0.6) is 0 Å². The van der Waals surface area contributed by atoms with Gasteiger partial charge in [-0.25, -0.2) is 0 Å². The maximum Gasteiger partial charge on any atom is 0.0396 e. The zero-order valence-corrected chi connectivity index (χ0v) is 24.6. The molecule has 0 spiro atoms. The van der Waals surface area contributed by atoms with E-state index < -0.39 is 0 Å². The van der Waals surface area contributed by atoms with Gasteiger partial charge in [-0.05, 0) is 67.6 Å². The summed E-state index contributed by atoms with van der Waals surface area (Å²) >= 11 is 0. The summed E-state index contributed by atoms with van der Waals surface area (Å²) in [4.78, 5) is 0. The molecule has 7 aromatic carbocycles. The molecule has 7 aromatic rings. The molecule has 1 radical (unpaired) electrons. The van der Waals surface area contributed by atoms with E-state index in [-0.39, 0.29) is 0 Å². The Morgan fingerprint density at radius 3 is 1.02 bits per heavy atom. The molecule has 0 N–H and O–H groups in total. The first kappa shape index (κ1) is 27.4. The predicted molar refractivity (Wildman–Crippen MR) is 186 cm³/mol. The molecule has 0 bridgehead atoms. The van der Waals surface area contributed by atoms with Crippen molar-refractivity contribution in [2.75, 3.05) is 0 Å². The summed E-state index contributed by atoms with van der Waals surface area (Å²) in [7, 11) is 0. The minimum Gasteiger partial charge on any atom is -0.0622 e. The van der Waals surface area contributed by atoms with Gasteiger partial charge in [-0.15, -0.1) is 0 Å². The molecule has 0 saturated carbocycles. The summed E-state index contributed by atoms with van der Waals surface area (Å²) in [5, 5.41) is 0. The first-order chi connectivity index (χ1) is 21.9. The molecule has 0 heterocycles. The third-order valence-corrected chi connectivity index (χ3v) is 8.30. The van der Waals surface area contributed by atoms with Crippen molar-refractivity contribution in [1.82, 2.24) is 0 Å². The molecule has 0 aliphatic heterocycles. The number of benzene rings is 7. The molecule has 7 rings (SSSR count). The second-order valence-electron chi connectivity index (χ2n) is 11.1. The molecule has 0 atom stereocenters. The highest BCUT2D eigenvalue weighted by atomic mass is 14.3. The molecule has 0 nitrogen and oxygen atoms in total. The zero-order chi connectivity index (χ0) is 29.6. The summed E-state index contributed by atoms with van der Waals surface area (Å²) in [6.45, 7) is 0. The summed E-state index contributed by atoms with van der Waals surface area (Å²) in [6.07, 6.45) is 0.803. The molecule has 0 heteroatoms. The summed E-state index contributed by atoms with van der Waals surface area (Å²) in [5.41, 5.74) is 13.6. The topological polar surface area (TPSA) is 0 Å². The van der Waals surface area contributed by atoms with Crippen LogP contribution in [-0.2, 0) is 6.42 Å². The molecular formula is C44H33. The van der Waals surface area contributed by atoms with Crippen LogP contribution in [0.3, 0.4) is 0 Å². The van der Waals surface area contributed by atoms with Gasteiger partial charge in [0.1, 0.15) is 0 Å². The third kappa shape index (κ3) is 5.63. The lowest BCUT2D eigenvalue weighted by atomic mass is 9.76. The van der Waals surface area contributed by atoms with Crippen LogP contribution < -0.4 is 0 Å². The molecule has 0 unspecified atom stereocenters. The minimum atomic E-state index is 0.803. The van der Waals surface area contributed by atoms with E-state index in [4.69, 9.17) is 0 Å². The van der Waals surface area contributed by atoms with Crippen LogP contribution in [0.2, 0.25) is 0 Å². The van der Waals surface area contributed by atoms with Gasteiger partial charge in [0.2, 0.25) is 0 Å². The Hall–Kier alpha value is -5.46. The second-order valence-corrected chi connectivity index (χ2v) is 11.1. The average molecular weight is 562 g/mol. The summed E-state index contributed by atoms with van der Waals surface area (Å²) < 4.78 is 0. The zero-order valence-electron chi connectivity index (χ0n) is 24.6. The van der Waals surface area contributed by atoms with Gasteiger partial charge in [0.15, 0.2) is 0 Å².